The summed E-state index contributed by atoms with van der Waals surface area (Å²) >= 11 is 1.44. The van der Waals surface area contributed by atoms with E-state index in [0.717, 1.165) is 43.4 Å². The van der Waals surface area contributed by atoms with E-state index in [0.29, 0.717) is 19.5 Å². The van der Waals surface area contributed by atoms with E-state index in [1.165, 1.54) is 11.5 Å². The number of hydrogen-bond donors (Lipinski definition) is 2. The van der Waals surface area contributed by atoms with E-state index in [1.807, 2.05) is 4.90 Å². The van der Waals surface area contributed by atoms with Gasteiger partial charge in [0, 0.05) is 50.7 Å². The van der Waals surface area contributed by atoms with Gasteiger partial charge in [0.2, 0.25) is 11.0 Å². The van der Waals surface area contributed by atoms with Crippen molar-refractivity contribution in [3.05, 3.63) is 5.82 Å². The molecule has 0 bridgehead atoms. The highest BCUT2D eigenvalue weighted by Gasteiger charge is 2.32. The maximum absolute atomic E-state index is 12.5. The maximum Gasteiger partial charge on any atom is 0.239 e. The molecule has 8 heteroatoms. The van der Waals surface area contributed by atoms with E-state index in [1.54, 1.807) is 0 Å². The van der Waals surface area contributed by atoms with Gasteiger partial charge in [-0.25, -0.2) is 4.98 Å². The Hall–Kier alpha value is -1.25. The molecule has 0 aromatic carbocycles. The summed E-state index contributed by atoms with van der Waals surface area (Å²) < 4.78 is 4.34. The first-order chi connectivity index (χ1) is 10.7. The Morgan fingerprint density at radius 3 is 2.95 bits per heavy atom. The predicted octanol–water partition coefficient (Wildman–Crippen LogP) is -0.138. The van der Waals surface area contributed by atoms with Crippen LogP contribution >= 0.6 is 11.5 Å². The standard InChI is InChI=1S/C14H23N5O2S/c1-2-12-16-14(22-17-12)19-5-3-4-18(6-7-19)13(21)11-8-10(20)9-15-11/h10-11,15,20H,2-9H2,1H3/t10-,11-/m1/s1. The zero-order valence-corrected chi connectivity index (χ0v) is 13.7. The maximum atomic E-state index is 12.5. The molecule has 122 valence electrons. The Morgan fingerprint density at radius 2 is 2.27 bits per heavy atom. The van der Waals surface area contributed by atoms with Crippen molar-refractivity contribution in [2.75, 3.05) is 37.6 Å². The number of nitrogens with zero attached hydrogens (tertiary/aromatic N) is 4. The normalized spacial score (nSPS) is 26.3. The van der Waals surface area contributed by atoms with Crippen LogP contribution in [0.1, 0.15) is 25.6 Å². The molecule has 0 saturated carbocycles. The number of aliphatic hydroxyl groups is 1. The summed E-state index contributed by atoms with van der Waals surface area (Å²) in [6.45, 7) is 5.73. The summed E-state index contributed by atoms with van der Waals surface area (Å²) in [6.07, 6.45) is 1.91. The summed E-state index contributed by atoms with van der Waals surface area (Å²) in [6, 6.07) is -0.227. The van der Waals surface area contributed by atoms with Crippen molar-refractivity contribution in [2.45, 2.75) is 38.3 Å². The van der Waals surface area contributed by atoms with Gasteiger partial charge in [-0.2, -0.15) is 4.37 Å². The number of amides is 1. The first-order valence-corrected chi connectivity index (χ1v) is 8.72. The molecule has 2 fully saturated rings. The monoisotopic (exact) mass is 325 g/mol. The van der Waals surface area contributed by atoms with Crippen LogP contribution in [0.4, 0.5) is 5.13 Å². The molecule has 3 heterocycles. The number of aliphatic hydroxyl groups excluding tert-OH is 1. The van der Waals surface area contributed by atoms with Gasteiger partial charge in [-0.1, -0.05) is 6.92 Å². The number of anilines is 1. The quantitative estimate of drug-likeness (QED) is 0.805. The largest absolute Gasteiger partial charge is 0.392 e. The van der Waals surface area contributed by atoms with Crippen molar-refractivity contribution in [3.63, 3.8) is 0 Å². The molecule has 0 radical (unpaired) electrons. The first kappa shape index (κ1) is 15.6. The molecule has 0 spiro atoms. The highest BCUT2D eigenvalue weighted by atomic mass is 32.1. The average molecular weight is 325 g/mol. The van der Waals surface area contributed by atoms with Gasteiger partial charge in [0.15, 0.2) is 0 Å². The van der Waals surface area contributed by atoms with Crippen LogP contribution in [0.2, 0.25) is 0 Å². The lowest BCUT2D eigenvalue weighted by Gasteiger charge is -2.24. The van der Waals surface area contributed by atoms with Gasteiger partial charge in [-0.05, 0) is 12.8 Å². The number of carbonyl (C=O) groups is 1. The molecular formula is C14H23N5O2S. The van der Waals surface area contributed by atoms with Crippen molar-refractivity contribution < 1.29 is 9.90 Å². The van der Waals surface area contributed by atoms with Gasteiger partial charge in [0.25, 0.3) is 0 Å². The van der Waals surface area contributed by atoms with E-state index >= 15 is 0 Å². The van der Waals surface area contributed by atoms with Crippen molar-refractivity contribution in [1.29, 1.82) is 0 Å². The summed E-state index contributed by atoms with van der Waals surface area (Å²) in [4.78, 5) is 21.2. The molecule has 2 aliphatic rings. The minimum absolute atomic E-state index is 0.116. The number of aryl methyl sites for hydroxylation is 1. The van der Waals surface area contributed by atoms with Crippen molar-refractivity contribution in [1.82, 2.24) is 19.6 Å². The summed E-state index contributed by atoms with van der Waals surface area (Å²) in [5, 5.41) is 13.6. The first-order valence-electron chi connectivity index (χ1n) is 7.95. The molecule has 1 aromatic heterocycles. The topological polar surface area (TPSA) is 81.6 Å². The summed E-state index contributed by atoms with van der Waals surface area (Å²) in [5.41, 5.74) is 0. The van der Waals surface area contributed by atoms with E-state index in [2.05, 4.69) is 26.5 Å². The predicted molar refractivity (Wildman–Crippen MR) is 85.1 cm³/mol. The van der Waals surface area contributed by atoms with Crippen molar-refractivity contribution in [2.24, 2.45) is 0 Å². The molecule has 1 amide bonds. The van der Waals surface area contributed by atoms with Crippen LogP contribution in [0.5, 0.6) is 0 Å². The van der Waals surface area contributed by atoms with E-state index < -0.39 is 6.10 Å². The third-order valence-electron chi connectivity index (χ3n) is 4.26. The van der Waals surface area contributed by atoms with Gasteiger partial charge in [-0.15, -0.1) is 0 Å². The zero-order valence-electron chi connectivity index (χ0n) is 12.9. The molecule has 2 N–H and O–H groups in total. The molecule has 7 nitrogen and oxygen atoms in total. The summed E-state index contributed by atoms with van der Waals surface area (Å²) in [7, 11) is 0. The molecule has 2 aliphatic heterocycles. The van der Waals surface area contributed by atoms with Crippen molar-refractivity contribution >= 4 is 22.6 Å². The van der Waals surface area contributed by atoms with Crippen LogP contribution in [-0.4, -0.2) is 70.1 Å². The average Bonchev–Trinajstić information content (AvgIpc) is 3.10. The van der Waals surface area contributed by atoms with E-state index in [4.69, 9.17) is 0 Å². The van der Waals surface area contributed by atoms with Crippen LogP contribution in [0.25, 0.3) is 0 Å². The highest BCUT2D eigenvalue weighted by Crippen LogP contribution is 2.20. The number of nitrogens with one attached hydrogen (secondary N) is 1. The number of β-amino-alcohol motifs (C(OH)–C–C–N with tert-alkyl or cyclic N) is 1. The fourth-order valence-electron chi connectivity index (χ4n) is 2.97. The molecule has 2 saturated heterocycles. The molecule has 1 aromatic rings. The van der Waals surface area contributed by atoms with Crippen LogP contribution < -0.4 is 10.2 Å². The minimum Gasteiger partial charge on any atom is -0.392 e. The lowest BCUT2D eigenvalue weighted by molar-refractivity contribution is -0.133. The van der Waals surface area contributed by atoms with Crippen LogP contribution in [0, 0.1) is 0 Å². The van der Waals surface area contributed by atoms with Crippen LogP contribution in [-0.2, 0) is 11.2 Å². The highest BCUT2D eigenvalue weighted by molar-refractivity contribution is 7.09. The zero-order chi connectivity index (χ0) is 15.5. The second kappa shape index (κ2) is 6.89. The molecule has 2 atom stereocenters. The van der Waals surface area contributed by atoms with Crippen molar-refractivity contribution in [3.8, 4) is 0 Å². The molecule has 22 heavy (non-hydrogen) atoms. The molecular weight excluding hydrogens is 302 g/mol. The number of rotatable bonds is 3. The molecule has 3 rings (SSSR count). The number of carbonyl (C=O) groups excluding carboxylic acids is 1. The molecule has 0 unspecified atom stereocenters. The fraction of sp³-hybridized carbons (Fsp3) is 0.786. The Kier molecular flexibility index (Phi) is 4.90. The van der Waals surface area contributed by atoms with Gasteiger partial charge in [0.1, 0.15) is 5.82 Å². The molecule has 0 aliphatic carbocycles. The Labute approximate surface area is 134 Å². The third-order valence-corrected chi connectivity index (χ3v) is 5.07. The van der Waals surface area contributed by atoms with Crippen LogP contribution in [0.15, 0.2) is 0 Å². The van der Waals surface area contributed by atoms with E-state index in [9.17, 15) is 9.90 Å². The minimum atomic E-state index is -0.397. The summed E-state index contributed by atoms with van der Waals surface area (Å²) in [5.74, 6) is 1.01. The smallest absolute Gasteiger partial charge is 0.239 e. The van der Waals surface area contributed by atoms with Gasteiger partial charge >= 0.3 is 0 Å². The van der Waals surface area contributed by atoms with Gasteiger partial charge in [-0.3, -0.25) is 4.79 Å². The second-order valence-electron chi connectivity index (χ2n) is 5.86. The van der Waals surface area contributed by atoms with E-state index in [-0.39, 0.29) is 11.9 Å². The van der Waals surface area contributed by atoms with Gasteiger partial charge in [0.05, 0.1) is 12.1 Å². The SMILES string of the molecule is CCc1nsc(N2CCCN(C(=O)[C@H]3C[C@@H](O)CN3)CC2)n1. The second-order valence-corrected chi connectivity index (χ2v) is 6.59. The number of hydrogen-bond acceptors (Lipinski definition) is 7. The lowest BCUT2D eigenvalue weighted by Crippen LogP contribution is -2.45. The lowest BCUT2D eigenvalue weighted by atomic mass is 10.2. The Bertz CT molecular complexity index is 523. The fourth-order valence-corrected chi connectivity index (χ4v) is 3.77. The third kappa shape index (κ3) is 3.39. The van der Waals surface area contributed by atoms with Crippen LogP contribution in [0.3, 0.4) is 0 Å². The number of aromatic nitrogens is 2. The van der Waals surface area contributed by atoms with Gasteiger partial charge < -0.3 is 20.2 Å². The Balaban J connectivity index is 1.58. The Morgan fingerprint density at radius 1 is 1.41 bits per heavy atom.